The Morgan fingerprint density at radius 3 is 2.54 bits per heavy atom. The molecule has 2 rings (SSSR count). The maximum Gasteiger partial charge on any atom is 0.251 e. The normalized spacial score (nSPS) is 11.5. The van der Waals surface area contributed by atoms with Gasteiger partial charge in [-0.2, -0.15) is 0 Å². The van der Waals surface area contributed by atoms with Crippen molar-refractivity contribution < 1.29 is 13.2 Å². The van der Waals surface area contributed by atoms with Gasteiger partial charge in [-0.15, -0.1) is 0 Å². The van der Waals surface area contributed by atoms with Crippen LogP contribution in [0.4, 0.5) is 5.69 Å². The van der Waals surface area contributed by atoms with Crippen LogP contribution in [-0.2, 0) is 21.4 Å². The van der Waals surface area contributed by atoms with Gasteiger partial charge in [0.05, 0.1) is 5.69 Å². The van der Waals surface area contributed by atoms with E-state index in [4.69, 9.17) is 0 Å². The van der Waals surface area contributed by atoms with Crippen LogP contribution in [0.2, 0.25) is 0 Å². The Morgan fingerprint density at radius 2 is 1.88 bits per heavy atom. The molecule has 1 N–H and O–H groups in total. The third-order valence-electron chi connectivity index (χ3n) is 3.18. The molecule has 0 atom stereocenters. The number of anilines is 1. The predicted octanol–water partition coefficient (Wildman–Crippen LogP) is 1.50. The molecule has 1 amide bonds. The number of carbonyl (C=O) groups excluding carboxylic acids is 1. The molecule has 1 heterocycles. The van der Waals surface area contributed by atoms with Crippen molar-refractivity contribution in [1.29, 1.82) is 0 Å². The second-order valence-electron chi connectivity index (χ2n) is 5.15. The monoisotopic (exact) mass is 413 g/mol. The smallest absolute Gasteiger partial charge is 0.251 e. The van der Waals surface area contributed by atoms with Gasteiger partial charge in [-0.3, -0.25) is 9.59 Å². The highest BCUT2D eigenvalue weighted by Crippen LogP contribution is 2.23. The van der Waals surface area contributed by atoms with E-state index in [1.807, 2.05) is 0 Å². The molecule has 0 aliphatic carbocycles. The average Bonchev–Trinajstić information content (AvgIpc) is 2.51. The molecule has 0 spiro atoms. The van der Waals surface area contributed by atoms with Crippen LogP contribution in [0.5, 0.6) is 0 Å². The Kier molecular flexibility index (Phi) is 5.58. The van der Waals surface area contributed by atoms with Crippen LogP contribution in [0.25, 0.3) is 0 Å². The highest BCUT2D eigenvalue weighted by atomic mass is 79.9. The lowest BCUT2D eigenvalue weighted by atomic mass is 10.3. The molecule has 0 unspecified atom stereocenters. The molecule has 2 aromatic rings. The summed E-state index contributed by atoms with van der Waals surface area (Å²) in [7, 11) is -0.875. The van der Waals surface area contributed by atoms with Gasteiger partial charge >= 0.3 is 0 Å². The zero-order chi connectivity index (χ0) is 17.9. The first kappa shape index (κ1) is 18.4. The average molecular weight is 414 g/mol. The Hall–Kier alpha value is -1.97. The maximum atomic E-state index is 12.3. The van der Waals surface area contributed by atoms with Crippen LogP contribution in [0.1, 0.15) is 0 Å². The van der Waals surface area contributed by atoms with Crippen molar-refractivity contribution in [3.8, 4) is 0 Å². The van der Waals surface area contributed by atoms with Crippen molar-refractivity contribution in [2.24, 2.45) is 0 Å². The van der Waals surface area contributed by atoms with Gasteiger partial charge < -0.3 is 9.88 Å². The third kappa shape index (κ3) is 4.11. The minimum absolute atomic E-state index is 0.00932. The van der Waals surface area contributed by atoms with Gasteiger partial charge in [-0.1, -0.05) is 12.1 Å². The van der Waals surface area contributed by atoms with Gasteiger partial charge in [-0.25, -0.2) is 12.7 Å². The lowest BCUT2D eigenvalue weighted by Gasteiger charge is -2.15. The molecule has 0 saturated carbocycles. The van der Waals surface area contributed by atoms with Crippen LogP contribution in [0.15, 0.2) is 56.8 Å². The van der Waals surface area contributed by atoms with E-state index in [2.05, 4.69) is 21.2 Å². The summed E-state index contributed by atoms with van der Waals surface area (Å²) in [5.41, 5.74) is -0.165. The zero-order valence-electron chi connectivity index (χ0n) is 13.1. The van der Waals surface area contributed by atoms with Gasteiger partial charge in [0.15, 0.2) is 0 Å². The number of carbonyl (C=O) groups is 1. The number of nitrogens with one attached hydrogen (secondary N) is 1. The topological polar surface area (TPSA) is 88.5 Å². The molecular weight excluding hydrogens is 398 g/mol. The number of sulfonamides is 1. The first-order chi connectivity index (χ1) is 11.2. The Bertz CT molecular complexity index is 922. The highest BCUT2D eigenvalue weighted by Gasteiger charge is 2.21. The SMILES string of the molecule is CN(C)S(=O)(=O)c1ccccc1NC(=O)Cn1cc(Br)ccc1=O. The van der Waals surface area contributed by atoms with Crippen LogP contribution in [-0.4, -0.2) is 37.3 Å². The molecule has 0 fully saturated rings. The van der Waals surface area contributed by atoms with E-state index in [0.717, 1.165) is 4.31 Å². The summed E-state index contributed by atoms with van der Waals surface area (Å²) in [6.45, 7) is -0.228. The second kappa shape index (κ2) is 7.29. The molecule has 0 bridgehead atoms. The Labute approximate surface area is 148 Å². The van der Waals surface area contributed by atoms with Crippen molar-refractivity contribution in [3.05, 3.63) is 57.4 Å². The molecule has 1 aromatic carbocycles. The van der Waals surface area contributed by atoms with E-state index < -0.39 is 15.9 Å². The number of halogens is 1. The van der Waals surface area contributed by atoms with E-state index in [0.29, 0.717) is 4.47 Å². The fourth-order valence-corrected chi connectivity index (χ4v) is 3.38. The summed E-state index contributed by atoms with van der Waals surface area (Å²) in [4.78, 5) is 23.9. The molecule has 0 radical (unpaired) electrons. The van der Waals surface area contributed by atoms with E-state index in [1.54, 1.807) is 18.2 Å². The predicted molar refractivity (Wildman–Crippen MR) is 94.3 cm³/mol. The lowest BCUT2D eigenvalue weighted by Crippen LogP contribution is -2.28. The van der Waals surface area contributed by atoms with Crippen LogP contribution < -0.4 is 10.9 Å². The first-order valence-corrected chi connectivity index (χ1v) is 9.12. The molecule has 128 valence electrons. The number of benzene rings is 1. The fraction of sp³-hybridized carbons (Fsp3) is 0.200. The van der Waals surface area contributed by atoms with Crippen molar-refractivity contribution in [2.75, 3.05) is 19.4 Å². The third-order valence-corrected chi connectivity index (χ3v) is 5.52. The van der Waals surface area contributed by atoms with Crippen molar-refractivity contribution in [3.63, 3.8) is 0 Å². The zero-order valence-corrected chi connectivity index (χ0v) is 15.5. The molecule has 1 aromatic heterocycles. The first-order valence-electron chi connectivity index (χ1n) is 6.89. The van der Waals surface area contributed by atoms with Gasteiger partial charge in [0.2, 0.25) is 15.9 Å². The summed E-state index contributed by atoms with van der Waals surface area (Å²) in [5, 5.41) is 2.55. The molecule has 9 heteroatoms. The number of pyridine rings is 1. The minimum atomic E-state index is -3.70. The van der Waals surface area contributed by atoms with Crippen LogP contribution >= 0.6 is 15.9 Å². The van der Waals surface area contributed by atoms with Crippen molar-refractivity contribution in [2.45, 2.75) is 11.4 Å². The van der Waals surface area contributed by atoms with Crippen LogP contribution in [0, 0.1) is 0 Å². The number of amides is 1. The molecule has 24 heavy (non-hydrogen) atoms. The largest absolute Gasteiger partial charge is 0.323 e. The van der Waals surface area contributed by atoms with E-state index >= 15 is 0 Å². The van der Waals surface area contributed by atoms with Gasteiger partial charge in [0, 0.05) is 30.8 Å². The van der Waals surface area contributed by atoms with Gasteiger partial charge in [0.25, 0.3) is 5.56 Å². The van der Waals surface area contributed by atoms with E-state index in [-0.39, 0.29) is 22.7 Å². The minimum Gasteiger partial charge on any atom is -0.323 e. The summed E-state index contributed by atoms with van der Waals surface area (Å²) in [6, 6.07) is 9.02. The maximum absolute atomic E-state index is 12.3. The van der Waals surface area contributed by atoms with Gasteiger partial charge in [-0.05, 0) is 34.1 Å². The molecule has 0 saturated heterocycles. The molecule has 0 aliphatic heterocycles. The summed E-state index contributed by atoms with van der Waals surface area (Å²) < 4.78 is 27.6. The van der Waals surface area contributed by atoms with E-state index in [1.165, 1.54) is 43.1 Å². The standard InChI is InChI=1S/C15H16BrN3O4S/c1-18(2)24(22,23)13-6-4-3-5-12(13)17-14(20)10-19-9-11(16)7-8-15(19)21/h3-9H,10H2,1-2H3,(H,17,20). The van der Waals surface area contributed by atoms with Gasteiger partial charge in [0.1, 0.15) is 11.4 Å². The highest BCUT2D eigenvalue weighted by molar-refractivity contribution is 9.10. The molecular formula is C15H16BrN3O4S. The quantitative estimate of drug-likeness (QED) is 0.803. The lowest BCUT2D eigenvalue weighted by molar-refractivity contribution is -0.116. The fourth-order valence-electron chi connectivity index (χ4n) is 1.96. The number of nitrogens with zero attached hydrogens (tertiary/aromatic N) is 2. The Balaban J connectivity index is 2.28. The molecule has 0 aliphatic rings. The number of para-hydroxylation sites is 1. The number of hydrogen-bond acceptors (Lipinski definition) is 4. The summed E-state index contributed by atoms with van der Waals surface area (Å²) >= 11 is 3.23. The summed E-state index contributed by atoms with van der Waals surface area (Å²) in [6.07, 6.45) is 1.49. The second-order valence-corrected chi connectivity index (χ2v) is 8.18. The van der Waals surface area contributed by atoms with E-state index in [9.17, 15) is 18.0 Å². The van der Waals surface area contributed by atoms with Crippen molar-refractivity contribution in [1.82, 2.24) is 8.87 Å². The number of aromatic nitrogens is 1. The number of rotatable bonds is 5. The van der Waals surface area contributed by atoms with Crippen molar-refractivity contribution >= 4 is 37.5 Å². The Morgan fingerprint density at radius 1 is 1.21 bits per heavy atom. The summed E-state index contributed by atoms with van der Waals surface area (Å²) in [5.74, 6) is -0.503. The molecule has 7 nitrogen and oxygen atoms in total. The van der Waals surface area contributed by atoms with Crippen LogP contribution in [0.3, 0.4) is 0 Å². The number of hydrogen-bond donors (Lipinski definition) is 1.